The van der Waals surface area contributed by atoms with Crippen LogP contribution in [0.4, 0.5) is 0 Å². The summed E-state index contributed by atoms with van der Waals surface area (Å²) in [6.07, 6.45) is 5.40. The summed E-state index contributed by atoms with van der Waals surface area (Å²) < 4.78 is 5.77. The first-order chi connectivity index (χ1) is 9.62. The van der Waals surface area contributed by atoms with Gasteiger partial charge in [0.25, 0.3) is 0 Å². The molecule has 0 spiro atoms. The Morgan fingerprint density at radius 1 is 1.45 bits per heavy atom. The van der Waals surface area contributed by atoms with Crippen molar-refractivity contribution in [3.63, 3.8) is 0 Å². The van der Waals surface area contributed by atoms with Crippen molar-refractivity contribution in [2.24, 2.45) is 11.7 Å². The van der Waals surface area contributed by atoms with Crippen LogP contribution in [0.3, 0.4) is 0 Å². The maximum atomic E-state index is 10.8. The third-order valence-corrected chi connectivity index (χ3v) is 5.21. The van der Waals surface area contributed by atoms with Crippen molar-refractivity contribution < 1.29 is 9.52 Å². The number of nitrogens with two attached hydrogens (primary N) is 1. The number of hydrogen-bond donors (Lipinski definition) is 2. The van der Waals surface area contributed by atoms with Crippen LogP contribution in [0.2, 0.25) is 0 Å². The molecule has 1 saturated carbocycles. The lowest BCUT2D eigenvalue weighted by molar-refractivity contribution is -0.103. The molecule has 0 amide bonds. The molecule has 2 aliphatic rings. The van der Waals surface area contributed by atoms with E-state index in [1.807, 2.05) is 19.1 Å². The third-order valence-electron chi connectivity index (χ3n) is 5.21. The molecule has 1 saturated heterocycles. The van der Waals surface area contributed by atoms with E-state index < -0.39 is 5.60 Å². The molecule has 1 aliphatic heterocycles. The molecule has 4 nitrogen and oxygen atoms in total. The molecule has 0 aromatic carbocycles. The zero-order valence-corrected chi connectivity index (χ0v) is 12.3. The zero-order chi connectivity index (χ0) is 14.2. The zero-order valence-electron chi connectivity index (χ0n) is 12.3. The summed E-state index contributed by atoms with van der Waals surface area (Å²) in [6, 6.07) is 4.18. The van der Waals surface area contributed by atoms with Gasteiger partial charge in [0.2, 0.25) is 0 Å². The van der Waals surface area contributed by atoms with Crippen LogP contribution in [0.5, 0.6) is 0 Å². The Morgan fingerprint density at radius 2 is 2.30 bits per heavy atom. The van der Waals surface area contributed by atoms with Gasteiger partial charge in [-0.2, -0.15) is 0 Å². The van der Waals surface area contributed by atoms with Crippen molar-refractivity contribution in [3.05, 3.63) is 23.7 Å². The first-order valence-electron chi connectivity index (χ1n) is 7.85. The second-order valence-electron chi connectivity index (χ2n) is 6.49. The van der Waals surface area contributed by atoms with Crippen molar-refractivity contribution in [2.45, 2.75) is 50.7 Å². The van der Waals surface area contributed by atoms with E-state index in [4.69, 9.17) is 10.2 Å². The largest absolute Gasteiger partial charge is 0.465 e. The molecule has 2 heterocycles. The van der Waals surface area contributed by atoms with Gasteiger partial charge in [0, 0.05) is 25.6 Å². The van der Waals surface area contributed by atoms with Crippen molar-refractivity contribution in [3.8, 4) is 0 Å². The number of hydrogen-bond acceptors (Lipinski definition) is 4. The highest BCUT2D eigenvalue weighted by atomic mass is 16.3. The SMILES string of the molecule is Cc1ccc(C(CN)N2CCC3(O)CCCCC3C2)o1. The number of furan rings is 1. The van der Waals surface area contributed by atoms with Crippen molar-refractivity contribution in [2.75, 3.05) is 19.6 Å². The van der Waals surface area contributed by atoms with E-state index in [0.717, 1.165) is 43.9 Å². The number of aliphatic hydroxyl groups is 1. The lowest BCUT2D eigenvalue weighted by Crippen LogP contribution is -2.54. The van der Waals surface area contributed by atoms with Crippen LogP contribution in [-0.2, 0) is 0 Å². The van der Waals surface area contributed by atoms with Crippen molar-refractivity contribution >= 4 is 0 Å². The summed E-state index contributed by atoms with van der Waals surface area (Å²) >= 11 is 0. The van der Waals surface area contributed by atoms with Gasteiger partial charge in [0.15, 0.2) is 0 Å². The van der Waals surface area contributed by atoms with Crippen LogP contribution in [0.1, 0.15) is 49.7 Å². The molecule has 1 aliphatic carbocycles. The minimum absolute atomic E-state index is 0.148. The number of fused-ring (bicyclic) bond motifs is 1. The van der Waals surface area contributed by atoms with E-state index in [-0.39, 0.29) is 6.04 Å². The number of aryl methyl sites for hydroxylation is 1. The van der Waals surface area contributed by atoms with E-state index in [1.165, 1.54) is 12.8 Å². The van der Waals surface area contributed by atoms with Crippen LogP contribution in [0.15, 0.2) is 16.5 Å². The molecule has 20 heavy (non-hydrogen) atoms. The van der Waals surface area contributed by atoms with Crippen LogP contribution < -0.4 is 5.73 Å². The Bertz CT molecular complexity index is 459. The third kappa shape index (κ3) is 2.52. The maximum Gasteiger partial charge on any atom is 0.122 e. The molecule has 1 aromatic heterocycles. The van der Waals surface area contributed by atoms with Gasteiger partial charge in [-0.15, -0.1) is 0 Å². The monoisotopic (exact) mass is 278 g/mol. The van der Waals surface area contributed by atoms with E-state index in [9.17, 15) is 5.11 Å². The van der Waals surface area contributed by atoms with Crippen molar-refractivity contribution in [1.29, 1.82) is 0 Å². The summed E-state index contributed by atoms with van der Waals surface area (Å²) in [5, 5.41) is 10.8. The highest BCUT2D eigenvalue weighted by molar-refractivity contribution is 5.11. The van der Waals surface area contributed by atoms with Gasteiger partial charge in [-0.1, -0.05) is 12.8 Å². The Labute approximate surface area is 120 Å². The Hall–Kier alpha value is -0.840. The maximum absolute atomic E-state index is 10.8. The summed E-state index contributed by atoms with van der Waals surface area (Å²) in [4.78, 5) is 2.41. The number of nitrogens with zero attached hydrogens (tertiary/aromatic N) is 1. The average Bonchev–Trinajstić information content (AvgIpc) is 2.86. The Balaban J connectivity index is 1.74. The number of piperidine rings is 1. The standard InChI is InChI=1S/C16H26N2O2/c1-12-5-6-15(20-12)14(10-17)18-9-8-16(19)7-3-2-4-13(16)11-18/h5-6,13-14,19H,2-4,7-11,17H2,1H3. The fourth-order valence-corrected chi connectivity index (χ4v) is 3.96. The molecule has 3 rings (SSSR count). The van der Waals surface area contributed by atoms with Crippen molar-refractivity contribution in [1.82, 2.24) is 4.90 Å². The van der Waals surface area contributed by atoms with Crippen LogP contribution in [0, 0.1) is 12.8 Å². The van der Waals surface area contributed by atoms with E-state index in [0.29, 0.717) is 12.5 Å². The average molecular weight is 278 g/mol. The first kappa shape index (κ1) is 14.1. The summed E-state index contributed by atoms with van der Waals surface area (Å²) in [5.41, 5.74) is 5.56. The molecule has 0 bridgehead atoms. The number of likely N-dealkylation sites (tertiary alicyclic amines) is 1. The predicted molar refractivity (Wildman–Crippen MR) is 78.3 cm³/mol. The fourth-order valence-electron chi connectivity index (χ4n) is 3.96. The van der Waals surface area contributed by atoms with E-state index in [2.05, 4.69) is 4.90 Å². The Kier molecular flexibility index (Phi) is 3.89. The number of rotatable bonds is 3. The summed E-state index contributed by atoms with van der Waals surface area (Å²) in [6.45, 7) is 4.39. The predicted octanol–water partition coefficient (Wildman–Crippen LogP) is 2.21. The topological polar surface area (TPSA) is 62.6 Å². The van der Waals surface area contributed by atoms with Gasteiger partial charge in [-0.25, -0.2) is 0 Å². The molecule has 4 heteroatoms. The van der Waals surface area contributed by atoms with Gasteiger partial charge < -0.3 is 15.3 Å². The second-order valence-corrected chi connectivity index (χ2v) is 6.49. The molecular formula is C16H26N2O2. The second kappa shape index (κ2) is 5.51. The molecule has 3 N–H and O–H groups in total. The highest BCUT2D eigenvalue weighted by Gasteiger charge is 2.44. The lowest BCUT2D eigenvalue weighted by Gasteiger charge is -2.49. The van der Waals surface area contributed by atoms with Gasteiger partial charge in [0.1, 0.15) is 11.5 Å². The lowest BCUT2D eigenvalue weighted by atomic mass is 9.71. The van der Waals surface area contributed by atoms with E-state index >= 15 is 0 Å². The van der Waals surface area contributed by atoms with Crippen LogP contribution >= 0.6 is 0 Å². The van der Waals surface area contributed by atoms with Gasteiger partial charge in [-0.05, 0) is 38.3 Å². The molecule has 3 atom stereocenters. The molecule has 3 unspecified atom stereocenters. The minimum atomic E-state index is -0.424. The molecule has 2 fully saturated rings. The van der Waals surface area contributed by atoms with Gasteiger partial charge in [-0.3, -0.25) is 4.90 Å². The molecule has 112 valence electrons. The molecule has 1 aromatic rings. The minimum Gasteiger partial charge on any atom is -0.465 e. The first-order valence-corrected chi connectivity index (χ1v) is 7.85. The molecule has 0 radical (unpaired) electrons. The van der Waals surface area contributed by atoms with Gasteiger partial charge >= 0.3 is 0 Å². The summed E-state index contributed by atoms with van der Waals surface area (Å²) in [5.74, 6) is 2.30. The Morgan fingerprint density at radius 3 is 3.00 bits per heavy atom. The van der Waals surface area contributed by atoms with Gasteiger partial charge in [0.05, 0.1) is 11.6 Å². The summed E-state index contributed by atoms with van der Waals surface area (Å²) in [7, 11) is 0. The quantitative estimate of drug-likeness (QED) is 0.890. The molecular weight excluding hydrogens is 252 g/mol. The smallest absolute Gasteiger partial charge is 0.122 e. The highest BCUT2D eigenvalue weighted by Crippen LogP contribution is 2.41. The fraction of sp³-hybridized carbons (Fsp3) is 0.750. The normalized spacial score (nSPS) is 32.9. The van der Waals surface area contributed by atoms with E-state index in [1.54, 1.807) is 0 Å². The van der Waals surface area contributed by atoms with Crippen LogP contribution in [-0.4, -0.2) is 35.2 Å². The van der Waals surface area contributed by atoms with Crippen LogP contribution in [0.25, 0.3) is 0 Å².